The number of nitrogens with zero attached hydrogens (tertiary/aromatic N) is 7. The number of halogens is 2. The Bertz CT molecular complexity index is 1910. The third-order valence-electron chi connectivity index (χ3n) is 8.50. The number of likely N-dealkylation sites (N-methyl/N-ethyl adjacent to an activating group) is 1. The number of anilines is 1. The molecule has 6 rings (SSSR count). The second-order valence-electron chi connectivity index (χ2n) is 11.2. The maximum absolute atomic E-state index is 13.9. The van der Waals surface area contributed by atoms with E-state index in [4.69, 9.17) is 30.4 Å². The fourth-order valence-electron chi connectivity index (χ4n) is 6.16. The van der Waals surface area contributed by atoms with Gasteiger partial charge in [0.25, 0.3) is 5.91 Å². The lowest BCUT2D eigenvalue weighted by Gasteiger charge is -2.41. The van der Waals surface area contributed by atoms with Crippen LogP contribution in [0.3, 0.4) is 0 Å². The number of hydrogen-bond acceptors (Lipinski definition) is 8. The Labute approximate surface area is 264 Å². The summed E-state index contributed by atoms with van der Waals surface area (Å²) in [5.74, 6) is -1.68. The third-order valence-corrected chi connectivity index (χ3v) is 8.81. The molecular weight excluding hydrogens is 581 g/mol. The van der Waals surface area contributed by atoms with Gasteiger partial charge in [-0.05, 0) is 55.9 Å². The molecule has 2 aromatic carbocycles. The number of carbonyl (C=O) groups is 1. The van der Waals surface area contributed by atoms with Crippen LogP contribution in [0.15, 0.2) is 55.0 Å². The second-order valence-corrected chi connectivity index (χ2v) is 11.6. The van der Waals surface area contributed by atoms with Crippen molar-refractivity contribution in [3.63, 3.8) is 0 Å². The summed E-state index contributed by atoms with van der Waals surface area (Å²) in [6.45, 7) is 2.16. The highest BCUT2D eigenvalue weighted by atomic mass is 35.5. The normalized spacial score (nSPS) is 20.3. The Balaban J connectivity index is 1.53. The molecular formula is C33H33ClFN7O2. The zero-order valence-electron chi connectivity index (χ0n) is 27.3. The molecule has 4 aromatic rings. The van der Waals surface area contributed by atoms with E-state index in [1.807, 2.05) is 42.3 Å². The van der Waals surface area contributed by atoms with Crippen molar-refractivity contribution in [2.75, 3.05) is 44.7 Å². The lowest BCUT2D eigenvalue weighted by Crippen LogP contribution is -2.55. The molecule has 1 amide bonds. The number of benzene rings is 2. The molecule has 1 unspecified atom stereocenters. The Morgan fingerprint density at radius 2 is 2.00 bits per heavy atom. The summed E-state index contributed by atoms with van der Waals surface area (Å²) >= 11 is 6.66. The standard InChI is InChI=1S/C33H33ClFN7O2/c1-20-26(25-10-4-7-22-8-5-11-27(34)28(22)25)17-37-30-29(20)38-33(44-19-24-9-6-14-40(24)3)39-31(30)41-15-16-42(32(43)21(2)35)23(18-41)12-13-36/h4-5,7-8,10-11,17,23-24H,2,6,9,12,14-16,18-19H2,1,3H3/t23-,24?/m0/s1/i1D3. The maximum Gasteiger partial charge on any atom is 0.319 e. The van der Waals surface area contributed by atoms with Crippen LogP contribution in [0.1, 0.15) is 28.9 Å². The van der Waals surface area contributed by atoms with Crippen LogP contribution in [0.2, 0.25) is 5.02 Å². The van der Waals surface area contributed by atoms with Crippen molar-refractivity contribution in [2.45, 2.75) is 38.2 Å². The van der Waals surface area contributed by atoms with Gasteiger partial charge in [-0.3, -0.25) is 9.78 Å². The van der Waals surface area contributed by atoms with Crippen molar-refractivity contribution in [3.05, 3.63) is 65.6 Å². The Morgan fingerprint density at radius 3 is 2.73 bits per heavy atom. The molecule has 2 aliphatic rings. The molecule has 9 nitrogen and oxygen atoms in total. The van der Waals surface area contributed by atoms with Crippen LogP contribution in [-0.2, 0) is 4.79 Å². The number of ether oxygens (including phenoxy) is 1. The number of pyridine rings is 1. The van der Waals surface area contributed by atoms with E-state index < -0.39 is 24.6 Å². The molecule has 0 N–H and O–H groups in total. The third kappa shape index (κ3) is 5.53. The monoisotopic (exact) mass is 616 g/mol. The van der Waals surface area contributed by atoms with Crippen LogP contribution < -0.4 is 9.64 Å². The predicted molar refractivity (Wildman–Crippen MR) is 169 cm³/mol. The van der Waals surface area contributed by atoms with Crippen molar-refractivity contribution in [3.8, 4) is 23.2 Å². The number of piperazine rings is 1. The lowest BCUT2D eigenvalue weighted by atomic mass is 9.95. The Hall–Kier alpha value is -4.33. The zero-order valence-corrected chi connectivity index (χ0v) is 25.0. The number of carbonyl (C=O) groups excluding carboxylic acids is 1. The summed E-state index contributed by atoms with van der Waals surface area (Å²) in [6.07, 6.45) is 3.42. The van der Waals surface area contributed by atoms with Gasteiger partial charge in [-0.25, -0.2) is 4.39 Å². The van der Waals surface area contributed by atoms with Crippen molar-refractivity contribution in [2.24, 2.45) is 0 Å². The molecule has 2 saturated heterocycles. The summed E-state index contributed by atoms with van der Waals surface area (Å²) in [7, 11) is 2.02. The molecule has 2 aromatic heterocycles. The lowest BCUT2D eigenvalue weighted by molar-refractivity contribution is -0.131. The molecule has 0 aliphatic carbocycles. The van der Waals surface area contributed by atoms with E-state index in [1.165, 1.54) is 11.1 Å². The molecule has 11 heteroatoms. The Kier molecular flexibility index (Phi) is 7.32. The van der Waals surface area contributed by atoms with Crippen LogP contribution in [0.25, 0.3) is 32.9 Å². The van der Waals surface area contributed by atoms with Gasteiger partial charge in [-0.2, -0.15) is 15.2 Å². The molecule has 0 bridgehead atoms. The first-order chi connectivity index (χ1) is 22.5. The van der Waals surface area contributed by atoms with E-state index >= 15 is 0 Å². The van der Waals surface area contributed by atoms with Gasteiger partial charge in [0.15, 0.2) is 11.6 Å². The first-order valence-corrected chi connectivity index (χ1v) is 14.8. The molecule has 2 aliphatic heterocycles. The van der Waals surface area contributed by atoms with E-state index in [2.05, 4.69) is 22.5 Å². The highest BCUT2D eigenvalue weighted by Crippen LogP contribution is 2.38. The molecule has 2 atom stereocenters. The van der Waals surface area contributed by atoms with Gasteiger partial charge >= 0.3 is 6.01 Å². The number of fused-ring (bicyclic) bond motifs is 2. The highest BCUT2D eigenvalue weighted by molar-refractivity contribution is 6.36. The number of rotatable bonds is 7. The zero-order chi connectivity index (χ0) is 33.5. The second kappa shape index (κ2) is 12.3. The SMILES string of the molecule is [2H]C([2H])([2H])c1c(-c2cccc3cccc(Cl)c23)cnc2c(N3CCN(C(=O)C(=C)F)[C@@H](CC#N)C3)nc(OCC3CCCN3C)nc12. The van der Waals surface area contributed by atoms with Crippen LogP contribution in [0.4, 0.5) is 10.2 Å². The molecule has 2 fully saturated rings. The van der Waals surface area contributed by atoms with Crippen molar-refractivity contribution < 1.29 is 18.0 Å². The molecule has 44 heavy (non-hydrogen) atoms. The van der Waals surface area contributed by atoms with Gasteiger partial charge in [0, 0.05) is 52.0 Å². The molecule has 0 saturated carbocycles. The van der Waals surface area contributed by atoms with E-state index in [0.29, 0.717) is 34.0 Å². The first-order valence-electron chi connectivity index (χ1n) is 16.0. The van der Waals surface area contributed by atoms with Crippen molar-refractivity contribution in [1.82, 2.24) is 24.8 Å². The van der Waals surface area contributed by atoms with Gasteiger partial charge in [0.2, 0.25) is 0 Å². The van der Waals surface area contributed by atoms with Crippen LogP contribution in [0.5, 0.6) is 6.01 Å². The Morgan fingerprint density at radius 1 is 1.18 bits per heavy atom. The number of nitriles is 1. The summed E-state index contributed by atoms with van der Waals surface area (Å²) in [5, 5.41) is 11.5. The summed E-state index contributed by atoms with van der Waals surface area (Å²) in [4.78, 5) is 32.0. The number of aromatic nitrogens is 3. The smallest absolute Gasteiger partial charge is 0.319 e. The van der Waals surface area contributed by atoms with Crippen LogP contribution >= 0.6 is 11.6 Å². The van der Waals surface area contributed by atoms with E-state index in [1.54, 1.807) is 6.07 Å². The average molecular weight is 617 g/mol. The number of amides is 1. The molecule has 0 spiro atoms. The first kappa shape index (κ1) is 26.1. The highest BCUT2D eigenvalue weighted by Gasteiger charge is 2.34. The molecule has 4 heterocycles. The quantitative estimate of drug-likeness (QED) is 0.244. The fourth-order valence-corrected chi connectivity index (χ4v) is 6.44. The van der Waals surface area contributed by atoms with Gasteiger partial charge in [-0.15, -0.1) is 0 Å². The van der Waals surface area contributed by atoms with Gasteiger partial charge in [0.05, 0.1) is 18.5 Å². The topological polar surface area (TPSA) is 98.5 Å². The number of likely N-dealkylation sites (tertiary alicyclic amines) is 1. The van der Waals surface area contributed by atoms with E-state index in [9.17, 15) is 14.4 Å². The van der Waals surface area contributed by atoms with Gasteiger partial charge in [-0.1, -0.05) is 48.5 Å². The largest absolute Gasteiger partial charge is 0.462 e. The summed E-state index contributed by atoms with van der Waals surface area (Å²) in [5.41, 5.74) is 1.23. The molecule has 0 radical (unpaired) electrons. The number of hydrogen-bond donors (Lipinski definition) is 0. The average Bonchev–Trinajstić information content (AvgIpc) is 3.46. The maximum atomic E-state index is 13.9. The van der Waals surface area contributed by atoms with Crippen molar-refractivity contribution >= 4 is 45.1 Å². The minimum absolute atomic E-state index is 0.0133. The van der Waals surface area contributed by atoms with Crippen LogP contribution in [-0.4, -0.2) is 82.6 Å². The van der Waals surface area contributed by atoms with E-state index in [-0.39, 0.29) is 54.7 Å². The van der Waals surface area contributed by atoms with Crippen molar-refractivity contribution in [1.29, 1.82) is 5.26 Å². The summed E-state index contributed by atoms with van der Waals surface area (Å²) < 4.78 is 46.1. The molecule has 226 valence electrons. The van der Waals surface area contributed by atoms with Crippen LogP contribution in [0, 0.1) is 18.2 Å². The fraction of sp³-hybridized carbons (Fsp3) is 0.364. The summed E-state index contributed by atoms with van der Waals surface area (Å²) in [6, 6.07) is 12.6. The van der Waals surface area contributed by atoms with Gasteiger partial charge in [0.1, 0.15) is 17.6 Å². The van der Waals surface area contributed by atoms with E-state index in [0.717, 1.165) is 24.8 Å². The number of aryl methyl sites for hydroxylation is 1. The predicted octanol–water partition coefficient (Wildman–Crippen LogP) is 5.69. The minimum atomic E-state index is -2.63. The van der Waals surface area contributed by atoms with Gasteiger partial charge < -0.3 is 19.4 Å². The minimum Gasteiger partial charge on any atom is -0.462 e.